The van der Waals surface area contributed by atoms with Crippen molar-refractivity contribution >= 4 is 34.9 Å². The molecule has 2 aromatic rings. The molecule has 7 heteroatoms. The maximum atomic E-state index is 11.9. The van der Waals surface area contributed by atoms with Crippen LogP contribution in [0.15, 0.2) is 30.6 Å². The molecule has 1 aromatic heterocycles. The summed E-state index contributed by atoms with van der Waals surface area (Å²) in [6.07, 6.45) is 3.55. The molecule has 2 rings (SSSR count). The first-order valence-corrected chi connectivity index (χ1v) is 6.73. The molecule has 0 radical (unpaired) electrons. The van der Waals surface area contributed by atoms with Gasteiger partial charge in [0, 0.05) is 18.8 Å². The highest BCUT2D eigenvalue weighted by atomic mass is 35.5. The van der Waals surface area contributed by atoms with Crippen LogP contribution in [0.25, 0.3) is 0 Å². The molecule has 20 heavy (non-hydrogen) atoms. The van der Waals surface area contributed by atoms with E-state index in [9.17, 15) is 4.79 Å². The fourth-order valence-corrected chi connectivity index (χ4v) is 2.05. The largest absolute Gasteiger partial charge is 0.331 e. The Kier molecular flexibility index (Phi) is 4.52. The maximum Gasteiger partial charge on any atom is 0.319 e. The van der Waals surface area contributed by atoms with Crippen molar-refractivity contribution in [2.24, 2.45) is 7.05 Å². The third kappa shape index (κ3) is 3.43. The number of halogens is 2. The van der Waals surface area contributed by atoms with E-state index in [0.29, 0.717) is 15.7 Å². The van der Waals surface area contributed by atoms with Crippen LogP contribution in [0.1, 0.15) is 18.5 Å². The van der Waals surface area contributed by atoms with Crippen molar-refractivity contribution in [2.75, 3.05) is 5.32 Å². The van der Waals surface area contributed by atoms with Crippen molar-refractivity contribution in [3.8, 4) is 0 Å². The Morgan fingerprint density at radius 2 is 2.15 bits per heavy atom. The second-order valence-corrected chi connectivity index (χ2v) is 5.15. The lowest BCUT2D eigenvalue weighted by atomic mass is 10.2. The summed E-state index contributed by atoms with van der Waals surface area (Å²) in [5.41, 5.74) is 1.38. The van der Waals surface area contributed by atoms with Crippen LogP contribution in [-0.4, -0.2) is 15.8 Å². The molecule has 1 aromatic carbocycles. The number of hydrogen-bond acceptors (Lipinski definition) is 2. The van der Waals surface area contributed by atoms with E-state index in [-0.39, 0.29) is 12.1 Å². The summed E-state index contributed by atoms with van der Waals surface area (Å²) in [6.45, 7) is 1.87. The Balaban J connectivity index is 2.00. The lowest BCUT2D eigenvalue weighted by molar-refractivity contribution is 0.249. The minimum Gasteiger partial charge on any atom is -0.331 e. The van der Waals surface area contributed by atoms with Crippen LogP contribution < -0.4 is 10.6 Å². The zero-order chi connectivity index (χ0) is 14.7. The Labute approximate surface area is 126 Å². The van der Waals surface area contributed by atoms with E-state index in [2.05, 4.69) is 15.7 Å². The van der Waals surface area contributed by atoms with Gasteiger partial charge in [-0.05, 0) is 19.1 Å². The van der Waals surface area contributed by atoms with Crippen molar-refractivity contribution in [1.29, 1.82) is 0 Å². The van der Waals surface area contributed by atoms with Gasteiger partial charge in [0.1, 0.15) is 0 Å². The molecule has 0 saturated heterocycles. The molecule has 2 amide bonds. The predicted octanol–water partition coefficient (Wildman–Crippen LogP) is 3.61. The van der Waals surface area contributed by atoms with E-state index in [0.717, 1.165) is 5.56 Å². The van der Waals surface area contributed by atoms with Crippen LogP contribution in [0.2, 0.25) is 10.0 Å². The van der Waals surface area contributed by atoms with Gasteiger partial charge in [0.15, 0.2) is 0 Å². The first-order chi connectivity index (χ1) is 9.47. The van der Waals surface area contributed by atoms with E-state index >= 15 is 0 Å². The highest BCUT2D eigenvalue weighted by Crippen LogP contribution is 2.29. The molecule has 0 aliphatic heterocycles. The van der Waals surface area contributed by atoms with Gasteiger partial charge < -0.3 is 10.6 Å². The number of rotatable bonds is 3. The molecular formula is C13H14Cl2N4O. The van der Waals surface area contributed by atoms with Crippen molar-refractivity contribution in [3.05, 3.63) is 46.2 Å². The minimum atomic E-state index is -0.356. The van der Waals surface area contributed by atoms with E-state index < -0.39 is 0 Å². The van der Waals surface area contributed by atoms with Gasteiger partial charge in [-0.15, -0.1) is 0 Å². The van der Waals surface area contributed by atoms with Crippen LogP contribution in [0.3, 0.4) is 0 Å². The molecule has 0 bridgehead atoms. The highest BCUT2D eigenvalue weighted by Gasteiger charge is 2.12. The summed E-state index contributed by atoms with van der Waals surface area (Å²) in [5, 5.41) is 10.2. The van der Waals surface area contributed by atoms with E-state index in [4.69, 9.17) is 23.2 Å². The minimum absolute atomic E-state index is 0.165. The lowest BCUT2D eigenvalue weighted by Gasteiger charge is -2.14. The molecule has 0 aliphatic rings. The number of hydrogen-bond donors (Lipinski definition) is 2. The average molecular weight is 313 g/mol. The van der Waals surface area contributed by atoms with E-state index in [1.165, 1.54) is 0 Å². The van der Waals surface area contributed by atoms with Crippen LogP contribution in [0, 0.1) is 0 Å². The Morgan fingerprint density at radius 1 is 1.40 bits per heavy atom. The summed E-state index contributed by atoms with van der Waals surface area (Å²) in [6, 6.07) is 4.54. The Bertz CT molecular complexity index is 627. The van der Waals surface area contributed by atoms with Gasteiger partial charge >= 0.3 is 6.03 Å². The summed E-state index contributed by atoms with van der Waals surface area (Å²) >= 11 is 11.9. The molecule has 0 aliphatic carbocycles. The smallest absolute Gasteiger partial charge is 0.319 e. The standard InChI is InChI=1S/C13H14Cl2N4O/c1-8(9-6-16-19(2)7-9)17-13(20)18-11-5-3-4-10(14)12(11)15/h3-8H,1-2H3,(H2,17,18,20). The topological polar surface area (TPSA) is 59.0 Å². The molecule has 0 fully saturated rings. The Morgan fingerprint density at radius 3 is 2.80 bits per heavy atom. The molecule has 1 unspecified atom stereocenters. The second kappa shape index (κ2) is 6.15. The van der Waals surface area contributed by atoms with Gasteiger partial charge in [-0.3, -0.25) is 4.68 Å². The predicted molar refractivity (Wildman–Crippen MR) is 80.2 cm³/mol. The number of aromatic nitrogens is 2. The van der Waals surface area contributed by atoms with Crippen molar-refractivity contribution < 1.29 is 4.79 Å². The Hall–Kier alpha value is -1.72. The SMILES string of the molecule is CC(NC(=O)Nc1cccc(Cl)c1Cl)c1cnn(C)c1. The molecule has 2 N–H and O–H groups in total. The zero-order valence-electron chi connectivity index (χ0n) is 11.0. The number of anilines is 1. The van der Waals surface area contributed by atoms with Gasteiger partial charge in [0.2, 0.25) is 0 Å². The van der Waals surface area contributed by atoms with Crippen LogP contribution in [0.5, 0.6) is 0 Å². The van der Waals surface area contributed by atoms with Crippen LogP contribution >= 0.6 is 23.2 Å². The molecule has 1 atom stereocenters. The first kappa shape index (κ1) is 14.7. The molecule has 5 nitrogen and oxygen atoms in total. The molecule has 106 valence electrons. The lowest BCUT2D eigenvalue weighted by Crippen LogP contribution is -2.31. The number of benzene rings is 1. The number of carbonyl (C=O) groups is 1. The van der Waals surface area contributed by atoms with E-state index in [1.54, 1.807) is 29.1 Å². The number of aryl methyl sites for hydroxylation is 1. The van der Waals surface area contributed by atoms with Gasteiger partial charge in [0.25, 0.3) is 0 Å². The summed E-state index contributed by atoms with van der Waals surface area (Å²) < 4.78 is 1.68. The number of urea groups is 1. The fraction of sp³-hybridized carbons (Fsp3) is 0.231. The second-order valence-electron chi connectivity index (χ2n) is 4.37. The summed E-state index contributed by atoms with van der Waals surface area (Å²) in [5.74, 6) is 0. The number of nitrogens with one attached hydrogen (secondary N) is 2. The summed E-state index contributed by atoms with van der Waals surface area (Å²) in [4.78, 5) is 11.9. The van der Waals surface area contributed by atoms with Crippen molar-refractivity contribution in [3.63, 3.8) is 0 Å². The average Bonchev–Trinajstić information content (AvgIpc) is 2.82. The quantitative estimate of drug-likeness (QED) is 0.909. The van der Waals surface area contributed by atoms with E-state index in [1.807, 2.05) is 20.2 Å². The first-order valence-electron chi connectivity index (χ1n) is 5.97. The fourth-order valence-electron chi connectivity index (χ4n) is 1.70. The van der Waals surface area contributed by atoms with Gasteiger partial charge in [-0.1, -0.05) is 29.3 Å². The number of amides is 2. The van der Waals surface area contributed by atoms with Gasteiger partial charge in [0.05, 0.1) is 28.0 Å². The van der Waals surface area contributed by atoms with Crippen LogP contribution in [-0.2, 0) is 7.05 Å². The van der Waals surface area contributed by atoms with Crippen molar-refractivity contribution in [1.82, 2.24) is 15.1 Å². The molecule has 0 saturated carbocycles. The third-order valence-corrected chi connectivity index (χ3v) is 3.59. The molecule has 0 spiro atoms. The highest BCUT2D eigenvalue weighted by molar-refractivity contribution is 6.43. The van der Waals surface area contributed by atoms with Crippen molar-refractivity contribution in [2.45, 2.75) is 13.0 Å². The van der Waals surface area contributed by atoms with Gasteiger partial charge in [-0.25, -0.2) is 4.79 Å². The third-order valence-electron chi connectivity index (χ3n) is 2.77. The maximum absolute atomic E-state index is 11.9. The number of carbonyl (C=O) groups excluding carboxylic acids is 1. The monoisotopic (exact) mass is 312 g/mol. The molecular weight excluding hydrogens is 299 g/mol. The van der Waals surface area contributed by atoms with Crippen LogP contribution in [0.4, 0.5) is 10.5 Å². The zero-order valence-corrected chi connectivity index (χ0v) is 12.5. The number of nitrogens with zero attached hydrogens (tertiary/aromatic N) is 2. The molecule has 1 heterocycles. The van der Waals surface area contributed by atoms with Gasteiger partial charge in [-0.2, -0.15) is 5.10 Å². The summed E-state index contributed by atoms with van der Waals surface area (Å²) in [7, 11) is 1.82. The normalized spacial score (nSPS) is 12.0.